The van der Waals surface area contributed by atoms with E-state index in [-0.39, 0.29) is 17.7 Å². The van der Waals surface area contributed by atoms with Gasteiger partial charge in [0.25, 0.3) is 0 Å². The molecule has 0 aliphatic heterocycles. The molecule has 0 aromatic heterocycles. The Morgan fingerprint density at radius 1 is 1.00 bits per heavy atom. The topological polar surface area (TPSA) is 84.8 Å². The Morgan fingerprint density at radius 2 is 1.64 bits per heavy atom. The number of amides is 1. The molecular weight excluding hydrogens is 481 g/mol. The molecule has 1 amide bonds. The first-order valence-electron chi connectivity index (χ1n) is 9.32. The number of alkyl halides is 3. The summed E-state index contributed by atoms with van der Waals surface area (Å²) in [4.78, 5) is 11.6. The Hall–Kier alpha value is -3.37. The molecule has 0 atom stereocenters. The van der Waals surface area contributed by atoms with Crippen LogP contribution in [0.4, 0.5) is 13.2 Å². The van der Waals surface area contributed by atoms with Crippen molar-refractivity contribution in [3.63, 3.8) is 0 Å². The van der Waals surface area contributed by atoms with E-state index in [0.29, 0.717) is 17.2 Å². The summed E-state index contributed by atoms with van der Waals surface area (Å²) in [6.45, 7) is 0. The minimum atomic E-state index is -4.59. The summed E-state index contributed by atoms with van der Waals surface area (Å²) in [6.07, 6.45) is -3.35. The number of hydrazone groups is 1. The lowest BCUT2D eigenvalue weighted by Crippen LogP contribution is -2.19. The number of para-hydroxylation sites is 1. The van der Waals surface area contributed by atoms with Crippen LogP contribution in [0.2, 0.25) is 5.02 Å². The van der Waals surface area contributed by atoms with Gasteiger partial charge in [0.1, 0.15) is 4.90 Å². The van der Waals surface area contributed by atoms with Gasteiger partial charge in [-0.2, -0.15) is 26.7 Å². The minimum absolute atomic E-state index is 0.0506. The van der Waals surface area contributed by atoms with Gasteiger partial charge in [0, 0.05) is 10.6 Å². The Kier molecular flexibility index (Phi) is 7.39. The summed E-state index contributed by atoms with van der Waals surface area (Å²) in [5, 5.41) is 4.35. The molecular formula is C22H16ClF3N2O4S. The maximum Gasteiger partial charge on any atom is 0.416 e. The highest BCUT2D eigenvalue weighted by Gasteiger charge is 2.31. The third kappa shape index (κ3) is 6.80. The second-order valence-corrected chi connectivity index (χ2v) is 8.68. The van der Waals surface area contributed by atoms with Gasteiger partial charge in [-0.05, 0) is 54.1 Å². The third-order valence-corrected chi connectivity index (χ3v) is 5.76. The van der Waals surface area contributed by atoms with E-state index in [9.17, 15) is 26.4 Å². The standard InChI is InChI=1S/C22H16ClF3N2O4S/c23-18-9-5-15(6-10-18)13-21(29)28-27-14-16-3-1-2-4-20(16)32-33(30,31)19-11-7-17(8-12-19)22(24,25)26/h1-12,14H,13H2,(H,28,29)/b27-14+. The number of halogens is 4. The van der Waals surface area contributed by atoms with Crippen LogP contribution in [0.15, 0.2) is 82.8 Å². The summed E-state index contributed by atoms with van der Waals surface area (Å²) >= 11 is 5.80. The lowest BCUT2D eigenvalue weighted by Gasteiger charge is -2.11. The van der Waals surface area contributed by atoms with Gasteiger partial charge < -0.3 is 4.18 Å². The van der Waals surface area contributed by atoms with Gasteiger partial charge >= 0.3 is 16.3 Å². The van der Waals surface area contributed by atoms with E-state index in [2.05, 4.69) is 10.5 Å². The van der Waals surface area contributed by atoms with E-state index >= 15 is 0 Å². The van der Waals surface area contributed by atoms with E-state index in [0.717, 1.165) is 17.7 Å². The highest BCUT2D eigenvalue weighted by atomic mass is 35.5. The number of hydrogen-bond acceptors (Lipinski definition) is 5. The fraction of sp³-hybridized carbons (Fsp3) is 0.0909. The van der Waals surface area contributed by atoms with Gasteiger partial charge in [-0.1, -0.05) is 35.9 Å². The number of hydrogen-bond donors (Lipinski definition) is 1. The van der Waals surface area contributed by atoms with Gasteiger partial charge in [-0.15, -0.1) is 0 Å². The number of carbonyl (C=O) groups excluding carboxylic acids is 1. The van der Waals surface area contributed by atoms with Crippen LogP contribution >= 0.6 is 11.6 Å². The highest BCUT2D eigenvalue weighted by Crippen LogP contribution is 2.30. The molecule has 0 bridgehead atoms. The van der Waals surface area contributed by atoms with Gasteiger partial charge in [0.2, 0.25) is 5.91 Å². The molecule has 0 radical (unpaired) electrons. The van der Waals surface area contributed by atoms with Crippen LogP contribution in [0, 0.1) is 0 Å². The second kappa shape index (κ2) is 10.1. The average Bonchev–Trinajstić information content (AvgIpc) is 2.76. The molecule has 0 saturated carbocycles. The lowest BCUT2D eigenvalue weighted by atomic mass is 10.1. The van der Waals surface area contributed by atoms with Crippen molar-refractivity contribution in [2.45, 2.75) is 17.5 Å². The van der Waals surface area contributed by atoms with Crippen molar-refractivity contribution in [2.24, 2.45) is 5.10 Å². The van der Waals surface area contributed by atoms with Crippen LogP contribution in [0.1, 0.15) is 16.7 Å². The van der Waals surface area contributed by atoms with Crippen molar-refractivity contribution in [1.29, 1.82) is 0 Å². The number of rotatable bonds is 7. The first-order valence-corrected chi connectivity index (χ1v) is 11.1. The van der Waals surface area contributed by atoms with Crippen molar-refractivity contribution in [3.05, 3.63) is 94.5 Å². The first kappa shape index (κ1) is 24.3. The Balaban J connectivity index is 1.69. The molecule has 6 nitrogen and oxygen atoms in total. The quantitative estimate of drug-likeness (QED) is 0.289. The fourth-order valence-corrected chi connectivity index (χ4v) is 3.72. The molecule has 0 aliphatic carbocycles. The van der Waals surface area contributed by atoms with E-state index < -0.39 is 32.7 Å². The molecule has 3 rings (SSSR count). The molecule has 33 heavy (non-hydrogen) atoms. The summed E-state index contributed by atoms with van der Waals surface area (Å²) < 4.78 is 68.2. The van der Waals surface area contributed by atoms with Crippen LogP contribution in [0.25, 0.3) is 0 Å². The SMILES string of the molecule is O=C(Cc1ccc(Cl)cc1)N/N=C/c1ccccc1OS(=O)(=O)c1ccc(C(F)(F)F)cc1. The van der Waals surface area contributed by atoms with Crippen LogP contribution in [0.5, 0.6) is 5.75 Å². The Morgan fingerprint density at radius 3 is 2.27 bits per heavy atom. The monoisotopic (exact) mass is 496 g/mol. The molecule has 0 fully saturated rings. The average molecular weight is 497 g/mol. The first-order chi connectivity index (χ1) is 15.5. The molecule has 0 spiro atoms. The normalized spacial score (nSPS) is 12.0. The van der Waals surface area contributed by atoms with E-state index in [1.807, 2.05) is 0 Å². The number of nitrogens with zero attached hydrogens (tertiary/aromatic N) is 1. The number of benzene rings is 3. The molecule has 0 aliphatic rings. The molecule has 11 heteroatoms. The Labute approximate surface area is 192 Å². The molecule has 172 valence electrons. The largest absolute Gasteiger partial charge is 0.416 e. The zero-order valence-electron chi connectivity index (χ0n) is 16.7. The van der Waals surface area contributed by atoms with Crippen LogP contribution in [0.3, 0.4) is 0 Å². The van der Waals surface area contributed by atoms with Crippen molar-refractivity contribution in [2.75, 3.05) is 0 Å². The molecule has 0 saturated heterocycles. The summed E-state index contributed by atoms with van der Waals surface area (Å²) in [7, 11) is -4.41. The fourth-order valence-electron chi connectivity index (χ4n) is 2.64. The Bertz CT molecular complexity index is 1260. The highest BCUT2D eigenvalue weighted by molar-refractivity contribution is 7.87. The van der Waals surface area contributed by atoms with Crippen molar-refractivity contribution < 1.29 is 30.6 Å². The van der Waals surface area contributed by atoms with Crippen LogP contribution in [-0.2, 0) is 27.5 Å². The van der Waals surface area contributed by atoms with Gasteiger partial charge in [0.05, 0.1) is 18.2 Å². The third-order valence-electron chi connectivity index (χ3n) is 4.26. The summed E-state index contributed by atoms with van der Waals surface area (Å²) in [5.41, 5.74) is 2.28. The predicted octanol–water partition coefficient (Wildman–Crippen LogP) is 4.82. The number of nitrogens with one attached hydrogen (secondary N) is 1. The smallest absolute Gasteiger partial charge is 0.378 e. The maximum absolute atomic E-state index is 12.7. The summed E-state index contributed by atoms with van der Waals surface area (Å²) in [6, 6.07) is 15.6. The van der Waals surface area contributed by atoms with Crippen molar-refractivity contribution >= 4 is 33.8 Å². The molecule has 1 N–H and O–H groups in total. The second-order valence-electron chi connectivity index (χ2n) is 6.69. The summed E-state index contributed by atoms with van der Waals surface area (Å²) in [5.74, 6) is -0.530. The van der Waals surface area contributed by atoms with E-state index in [1.54, 1.807) is 30.3 Å². The maximum atomic E-state index is 12.7. The van der Waals surface area contributed by atoms with E-state index in [1.165, 1.54) is 24.4 Å². The zero-order valence-corrected chi connectivity index (χ0v) is 18.3. The zero-order chi connectivity index (χ0) is 24.1. The molecule has 0 unspecified atom stereocenters. The van der Waals surface area contributed by atoms with Crippen LogP contribution < -0.4 is 9.61 Å². The van der Waals surface area contributed by atoms with Gasteiger partial charge in [-0.3, -0.25) is 4.79 Å². The number of carbonyl (C=O) groups is 1. The minimum Gasteiger partial charge on any atom is -0.378 e. The molecule has 3 aromatic carbocycles. The van der Waals surface area contributed by atoms with Gasteiger partial charge in [-0.25, -0.2) is 5.43 Å². The lowest BCUT2D eigenvalue weighted by molar-refractivity contribution is -0.137. The van der Waals surface area contributed by atoms with E-state index in [4.69, 9.17) is 15.8 Å². The van der Waals surface area contributed by atoms with Crippen molar-refractivity contribution in [3.8, 4) is 5.75 Å². The molecule has 0 heterocycles. The van der Waals surface area contributed by atoms with Crippen molar-refractivity contribution in [1.82, 2.24) is 5.43 Å². The van der Waals surface area contributed by atoms with Gasteiger partial charge in [0.15, 0.2) is 5.75 Å². The van der Waals surface area contributed by atoms with Crippen LogP contribution in [-0.4, -0.2) is 20.5 Å². The predicted molar refractivity (Wildman–Crippen MR) is 117 cm³/mol. The molecule has 3 aromatic rings.